The molecule has 6 heteroatoms. The molecule has 0 radical (unpaired) electrons. The molecule has 27 heavy (non-hydrogen) atoms. The molecule has 1 heterocycles. The molecule has 0 saturated carbocycles. The van der Waals surface area contributed by atoms with Gasteiger partial charge in [0.1, 0.15) is 18.2 Å². The molecule has 1 aromatic heterocycles. The minimum atomic E-state index is -0.914. The Hall–Kier alpha value is -3.54. The minimum Gasteiger partial charge on any atom is -0.489 e. The van der Waals surface area contributed by atoms with Crippen molar-refractivity contribution in [3.05, 3.63) is 94.3 Å². The lowest BCUT2D eigenvalue weighted by atomic mass is 10.2. The highest BCUT2D eigenvalue weighted by Crippen LogP contribution is 2.22. The largest absolute Gasteiger partial charge is 0.489 e. The van der Waals surface area contributed by atoms with Gasteiger partial charge in [-0.1, -0.05) is 30.3 Å². The topological polar surface area (TPSA) is 55.0 Å². The lowest BCUT2D eigenvalue weighted by molar-refractivity contribution is 0.305. The second-order valence-corrected chi connectivity index (χ2v) is 6.00. The first kappa shape index (κ1) is 16.9. The third-order valence-corrected chi connectivity index (χ3v) is 4.11. The standard InChI is InChI=1S/C21H14F2N2O2/c22-17-9-8-13(10-18(17)23)12-27-15-5-3-4-14(11-15)20-24-19-7-2-1-6-16(19)21(26)25-20/h1-11H,12H2,(H,24,25,26). The van der Waals surface area contributed by atoms with Crippen LogP contribution in [0.2, 0.25) is 0 Å². The van der Waals surface area contributed by atoms with Crippen molar-refractivity contribution in [1.82, 2.24) is 9.97 Å². The van der Waals surface area contributed by atoms with E-state index < -0.39 is 11.6 Å². The number of nitrogens with one attached hydrogen (secondary N) is 1. The maximum atomic E-state index is 13.3. The van der Waals surface area contributed by atoms with Crippen molar-refractivity contribution in [2.24, 2.45) is 0 Å². The van der Waals surface area contributed by atoms with E-state index in [2.05, 4.69) is 9.97 Å². The van der Waals surface area contributed by atoms with Gasteiger partial charge in [0.15, 0.2) is 11.6 Å². The summed E-state index contributed by atoms with van der Waals surface area (Å²) in [4.78, 5) is 19.5. The lowest BCUT2D eigenvalue weighted by Gasteiger charge is -2.09. The van der Waals surface area contributed by atoms with Crippen LogP contribution in [0.25, 0.3) is 22.3 Å². The minimum absolute atomic E-state index is 0.0856. The van der Waals surface area contributed by atoms with Gasteiger partial charge in [-0.05, 0) is 42.0 Å². The number of para-hydroxylation sites is 1. The fourth-order valence-corrected chi connectivity index (χ4v) is 2.75. The number of benzene rings is 3. The van der Waals surface area contributed by atoms with Crippen LogP contribution in [-0.4, -0.2) is 9.97 Å². The van der Waals surface area contributed by atoms with E-state index in [1.165, 1.54) is 6.07 Å². The molecule has 1 N–H and O–H groups in total. The van der Waals surface area contributed by atoms with Gasteiger partial charge in [0.05, 0.1) is 10.9 Å². The van der Waals surface area contributed by atoms with E-state index in [1.807, 2.05) is 6.07 Å². The summed E-state index contributed by atoms with van der Waals surface area (Å²) in [6.45, 7) is 0.0856. The second-order valence-electron chi connectivity index (χ2n) is 6.00. The van der Waals surface area contributed by atoms with Crippen LogP contribution in [0, 0.1) is 11.6 Å². The summed E-state index contributed by atoms with van der Waals surface area (Å²) in [5.41, 5.74) is 1.57. The van der Waals surface area contributed by atoms with Gasteiger partial charge in [0.25, 0.3) is 5.56 Å². The number of ether oxygens (including phenoxy) is 1. The quantitative estimate of drug-likeness (QED) is 0.582. The number of H-pyrrole nitrogens is 1. The molecule has 0 bridgehead atoms. The van der Waals surface area contributed by atoms with Gasteiger partial charge in [-0.25, -0.2) is 13.8 Å². The number of nitrogens with zero attached hydrogens (tertiary/aromatic N) is 1. The average Bonchev–Trinajstić information content (AvgIpc) is 2.69. The van der Waals surface area contributed by atoms with Gasteiger partial charge < -0.3 is 9.72 Å². The van der Waals surface area contributed by atoms with Gasteiger partial charge in [-0.3, -0.25) is 4.79 Å². The maximum absolute atomic E-state index is 13.3. The van der Waals surface area contributed by atoms with Crippen molar-refractivity contribution in [2.45, 2.75) is 6.61 Å². The van der Waals surface area contributed by atoms with Crippen molar-refractivity contribution < 1.29 is 13.5 Å². The summed E-state index contributed by atoms with van der Waals surface area (Å²) in [5.74, 6) is -0.861. The highest BCUT2D eigenvalue weighted by atomic mass is 19.2. The van der Waals surface area contributed by atoms with Crippen molar-refractivity contribution in [3.8, 4) is 17.1 Å². The Morgan fingerprint density at radius 3 is 2.63 bits per heavy atom. The van der Waals surface area contributed by atoms with E-state index in [4.69, 9.17) is 4.74 Å². The molecule has 0 amide bonds. The zero-order valence-corrected chi connectivity index (χ0v) is 14.1. The highest BCUT2D eigenvalue weighted by Gasteiger charge is 2.07. The van der Waals surface area contributed by atoms with Crippen molar-refractivity contribution in [1.29, 1.82) is 0 Å². The molecule has 0 saturated heterocycles. The summed E-state index contributed by atoms with van der Waals surface area (Å²) in [6, 6.07) is 17.8. The first-order valence-corrected chi connectivity index (χ1v) is 8.26. The second kappa shape index (κ2) is 6.99. The summed E-state index contributed by atoms with van der Waals surface area (Å²) in [7, 11) is 0. The smallest absolute Gasteiger partial charge is 0.259 e. The Kier molecular flexibility index (Phi) is 4.38. The number of halogens is 2. The van der Waals surface area contributed by atoms with Crippen molar-refractivity contribution >= 4 is 10.9 Å². The molecule has 0 aliphatic heterocycles. The number of fused-ring (bicyclic) bond motifs is 1. The zero-order chi connectivity index (χ0) is 18.8. The van der Waals surface area contributed by atoms with Crippen LogP contribution in [0.1, 0.15) is 5.56 Å². The summed E-state index contributed by atoms with van der Waals surface area (Å²) in [5, 5.41) is 0.520. The predicted octanol–water partition coefficient (Wildman–Crippen LogP) is 4.45. The molecule has 4 rings (SSSR count). The average molecular weight is 364 g/mol. The van der Waals surface area contributed by atoms with Gasteiger partial charge in [-0.15, -0.1) is 0 Å². The van der Waals surface area contributed by atoms with Crippen LogP contribution in [-0.2, 0) is 6.61 Å². The first-order valence-electron chi connectivity index (χ1n) is 8.26. The third kappa shape index (κ3) is 3.55. The number of aromatic nitrogens is 2. The van der Waals surface area contributed by atoms with Crippen LogP contribution in [0.5, 0.6) is 5.75 Å². The summed E-state index contributed by atoms with van der Waals surface area (Å²) >= 11 is 0. The number of hydrogen-bond acceptors (Lipinski definition) is 3. The molecular weight excluding hydrogens is 350 g/mol. The Labute approximate surface area is 153 Å². The normalized spacial score (nSPS) is 10.9. The van der Waals surface area contributed by atoms with Crippen molar-refractivity contribution in [3.63, 3.8) is 0 Å². The number of rotatable bonds is 4. The van der Waals surface area contributed by atoms with E-state index in [-0.39, 0.29) is 12.2 Å². The Bertz CT molecular complexity index is 1190. The molecule has 3 aromatic carbocycles. The molecule has 4 nitrogen and oxygen atoms in total. The molecule has 0 fully saturated rings. The van der Waals surface area contributed by atoms with Crippen LogP contribution in [0.4, 0.5) is 8.78 Å². The molecule has 0 spiro atoms. The van der Waals surface area contributed by atoms with Crippen LogP contribution < -0.4 is 10.3 Å². The van der Waals surface area contributed by atoms with Crippen LogP contribution in [0.3, 0.4) is 0 Å². The predicted molar refractivity (Wildman–Crippen MR) is 98.5 cm³/mol. The Morgan fingerprint density at radius 2 is 1.78 bits per heavy atom. The fraction of sp³-hybridized carbons (Fsp3) is 0.0476. The van der Waals surface area contributed by atoms with E-state index >= 15 is 0 Å². The third-order valence-electron chi connectivity index (χ3n) is 4.11. The highest BCUT2D eigenvalue weighted by molar-refractivity contribution is 5.79. The number of hydrogen-bond donors (Lipinski definition) is 1. The maximum Gasteiger partial charge on any atom is 0.259 e. The lowest BCUT2D eigenvalue weighted by Crippen LogP contribution is -2.09. The molecule has 0 atom stereocenters. The van der Waals surface area contributed by atoms with Gasteiger partial charge in [-0.2, -0.15) is 0 Å². The van der Waals surface area contributed by atoms with Gasteiger partial charge in [0, 0.05) is 5.56 Å². The van der Waals surface area contributed by atoms with Gasteiger partial charge in [0.2, 0.25) is 0 Å². The molecule has 0 aliphatic carbocycles. The van der Waals surface area contributed by atoms with Crippen LogP contribution >= 0.6 is 0 Å². The molecule has 4 aromatic rings. The summed E-state index contributed by atoms with van der Waals surface area (Å²) < 4.78 is 31.9. The summed E-state index contributed by atoms with van der Waals surface area (Å²) in [6.07, 6.45) is 0. The molecular formula is C21H14F2N2O2. The number of aromatic amines is 1. The van der Waals surface area contributed by atoms with Crippen molar-refractivity contribution in [2.75, 3.05) is 0 Å². The van der Waals surface area contributed by atoms with E-state index in [1.54, 1.807) is 42.5 Å². The SMILES string of the molecule is O=c1[nH]c(-c2cccc(OCc3ccc(F)c(F)c3)c2)nc2ccccc12. The fourth-order valence-electron chi connectivity index (χ4n) is 2.75. The Morgan fingerprint density at radius 1 is 0.926 bits per heavy atom. The molecule has 0 unspecified atom stereocenters. The van der Waals surface area contributed by atoms with E-state index in [9.17, 15) is 13.6 Å². The Balaban J connectivity index is 1.61. The van der Waals surface area contributed by atoms with E-state index in [0.29, 0.717) is 33.6 Å². The van der Waals surface area contributed by atoms with Crippen LogP contribution in [0.15, 0.2) is 71.5 Å². The molecule has 134 valence electrons. The first-order chi connectivity index (χ1) is 13.1. The molecule has 0 aliphatic rings. The monoisotopic (exact) mass is 364 g/mol. The van der Waals surface area contributed by atoms with E-state index in [0.717, 1.165) is 12.1 Å². The van der Waals surface area contributed by atoms with Gasteiger partial charge >= 0.3 is 0 Å². The zero-order valence-electron chi connectivity index (χ0n) is 14.1.